The number of carbonyl (C=O) groups is 1. The van der Waals surface area contributed by atoms with Crippen LogP contribution in [0.1, 0.15) is 33.6 Å². The number of alkyl halides is 1. The quantitative estimate of drug-likeness (QED) is 0.350. The lowest BCUT2D eigenvalue weighted by Gasteiger charge is -2.41. The van der Waals surface area contributed by atoms with Crippen LogP contribution in [0.3, 0.4) is 0 Å². The van der Waals surface area contributed by atoms with Gasteiger partial charge in [-0.15, -0.1) is 11.6 Å². The van der Waals surface area contributed by atoms with Crippen molar-refractivity contribution >= 4 is 17.9 Å². The van der Waals surface area contributed by atoms with E-state index in [1.54, 1.807) is 0 Å². The van der Waals surface area contributed by atoms with Crippen LogP contribution in [0.4, 0.5) is 0 Å². The molecule has 0 N–H and O–H groups in total. The van der Waals surface area contributed by atoms with Gasteiger partial charge in [0.05, 0.1) is 0 Å². The average Bonchev–Trinajstić information content (AvgIpc) is 2.00. The Labute approximate surface area is 78.8 Å². The number of aldehydes is 1. The van der Waals surface area contributed by atoms with Gasteiger partial charge in [0.25, 0.3) is 0 Å². The molecule has 0 saturated carbocycles. The predicted octanol–water partition coefficient (Wildman–Crippen LogP) is 2.93. The molecule has 0 aromatic rings. The van der Waals surface area contributed by atoms with E-state index in [0.717, 1.165) is 24.7 Å². The largest absolute Gasteiger partial charge is 0.301 e. The van der Waals surface area contributed by atoms with Crippen LogP contribution in [0.15, 0.2) is 11.6 Å². The molecule has 0 saturated heterocycles. The fraction of sp³-hybridized carbons (Fsp3) is 0.700. The number of carbonyl (C=O) groups excluding carboxylic acids is 1. The van der Waals surface area contributed by atoms with Crippen molar-refractivity contribution in [3.63, 3.8) is 0 Å². The zero-order chi connectivity index (χ0) is 9.41. The zero-order valence-electron chi connectivity index (χ0n) is 7.86. The number of hydrogen-bond donors (Lipinski definition) is 0. The highest BCUT2D eigenvalue weighted by atomic mass is 35.5. The molecule has 68 valence electrons. The Balaban J connectivity index is 3.12. The minimum Gasteiger partial charge on any atom is -0.301 e. The van der Waals surface area contributed by atoms with Gasteiger partial charge < -0.3 is 4.79 Å². The second-order valence-electron chi connectivity index (χ2n) is 4.14. The minimum absolute atomic E-state index is 0.116. The van der Waals surface area contributed by atoms with Gasteiger partial charge in [-0.1, -0.05) is 19.9 Å². The van der Waals surface area contributed by atoms with E-state index in [0.29, 0.717) is 0 Å². The molecule has 1 rings (SSSR count). The highest BCUT2D eigenvalue weighted by Gasteiger charge is 2.46. The van der Waals surface area contributed by atoms with Crippen LogP contribution in [0.5, 0.6) is 0 Å². The summed E-state index contributed by atoms with van der Waals surface area (Å²) in [5.41, 5.74) is 0.880. The van der Waals surface area contributed by atoms with Gasteiger partial charge in [0.2, 0.25) is 0 Å². The van der Waals surface area contributed by atoms with E-state index in [-0.39, 0.29) is 5.41 Å². The molecule has 1 aliphatic rings. The summed E-state index contributed by atoms with van der Waals surface area (Å²) >= 11 is 6.27. The van der Waals surface area contributed by atoms with Crippen LogP contribution in [-0.2, 0) is 4.79 Å². The molecule has 0 heterocycles. The van der Waals surface area contributed by atoms with E-state index in [1.165, 1.54) is 0 Å². The SMILES string of the molecule is CC1=CCCC(C)(C)C1(Cl)C=O. The molecule has 1 atom stereocenters. The Morgan fingerprint density at radius 1 is 1.58 bits per heavy atom. The first-order valence-corrected chi connectivity index (χ1v) is 4.64. The third-order valence-corrected chi connectivity index (χ3v) is 3.84. The van der Waals surface area contributed by atoms with Gasteiger partial charge in [0.1, 0.15) is 11.2 Å². The standard InChI is InChI=1S/C10H15ClO/c1-8-5-4-6-9(2,3)10(8,11)7-12/h5,7H,4,6H2,1-3H3. The molecule has 0 bridgehead atoms. The molecular formula is C10H15ClO. The summed E-state index contributed by atoms with van der Waals surface area (Å²) in [5, 5.41) is 0. The van der Waals surface area contributed by atoms with Crippen molar-refractivity contribution in [1.29, 1.82) is 0 Å². The third-order valence-electron chi connectivity index (χ3n) is 2.94. The number of hydrogen-bond acceptors (Lipinski definition) is 1. The first-order chi connectivity index (χ1) is 5.44. The van der Waals surface area contributed by atoms with Gasteiger partial charge in [0.15, 0.2) is 0 Å². The Kier molecular flexibility index (Phi) is 2.35. The summed E-state index contributed by atoms with van der Waals surface area (Å²) in [6, 6.07) is 0. The van der Waals surface area contributed by atoms with Crippen LogP contribution in [0.2, 0.25) is 0 Å². The number of rotatable bonds is 1. The van der Waals surface area contributed by atoms with Gasteiger partial charge in [-0.25, -0.2) is 0 Å². The lowest BCUT2D eigenvalue weighted by Crippen LogP contribution is -2.44. The predicted molar refractivity (Wildman–Crippen MR) is 51.4 cm³/mol. The highest BCUT2D eigenvalue weighted by Crippen LogP contribution is 2.47. The fourth-order valence-corrected chi connectivity index (χ4v) is 1.94. The van der Waals surface area contributed by atoms with Crippen LogP contribution >= 0.6 is 11.6 Å². The average molecular weight is 187 g/mol. The first-order valence-electron chi connectivity index (χ1n) is 4.26. The fourth-order valence-electron chi connectivity index (χ4n) is 1.77. The molecule has 12 heavy (non-hydrogen) atoms. The Morgan fingerprint density at radius 3 is 2.50 bits per heavy atom. The Morgan fingerprint density at radius 2 is 2.17 bits per heavy atom. The summed E-state index contributed by atoms with van der Waals surface area (Å²) in [6.07, 6.45) is 4.94. The van der Waals surface area contributed by atoms with Crippen molar-refractivity contribution in [2.75, 3.05) is 0 Å². The topological polar surface area (TPSA) is 17.1 Å². The molecule has 0 aromatic carbocycles. The minimum atomic E-state index is -0.773. The van der Waals surface area contributed by atoms with Crippen molar-refractivity contribution in [3.05, 3.63) is 11.6 Å². The summed E-state index contributed by atoms with van der Waals surface area (Å²) < 4.78 is 0. The molecule has 2 heteroatoms. The van der Waals surface area contributed by atoms with E-state index in [1.807, 2.05) is 20.8 Å². The molecule has 1 unspecified atom stereocenters. The van der Waals surface area contributed by atoms with Crippen molar-refractivity contribution in [2.24, 2.45) is 5.41 Å². The van der Waals surface area contributed by atoms with E-state index in [4.69, 9.17) is 11.6 Å². The molecule has 0 aromatic heterocycles. The third kappa shape index (κ3) is 1.20. The molecule has 1 aliphatic carbocycles. The molecule has 0 amide bonds. The monoisotopic (exact) mass is 186 g/mol. The van der Waals surface area contributed by atoms with E-state index in [9.17, 15) is 4.79 Å². The number of allylic oxidation sites excluding steroid dienone is 2. The maximum Gasteiger partial charge on any atom is 0.145 e. The van der Waals surface area contributed by atoms with Crippen molar-refractivity contribution < 1.29 is 4.79 Å². The van der Waals surface area contributed by atoms with Gasteiger partial charge >= 0.3 is 0 Å². The lowest BCUT2D eigenvalue weighted by molar-refractivity contribution is -0.111. The molecule has 1 nitrogen and oxygen atoms in total. The summed E-state index contributed by atoms with van der Waals surface area (Å²) in [4.78, 5) is 10.2. The second-order valence-corrected chi connectivity index (χ2v) is 4.74. The van der Waals surface area contributed by atoms with Crippen molar-refractivity contribution in [1.82, 2.24) is 0 Å². The van der Waals surface area contributed by atoms with Crippen LogP contribution in [0.25, 0.3) is 0 Å². The Hall–Kier alpha value is -0.300. The van der Waals surface area contributed by atoms with Gasteiger partial charge in [0, 0.05) is 0 Å². The van der Waals surface area contributed by atoms with Crippen molar-refractivity contribution in [3.8, 4) is 0 Å². The second kappa shape index (κ2) is 2.88. The maximum atomic E-state index is 10.9. The molecular weight excluding hydrogens is 172 g/mol. The number of halogens is 1. The highest BCUT2D eigenvalue weighted by molar-refractivity contribution is 6.34. The lowest BCUT2D eigenvalue weighted by atomic mass is 9.69. The van der Waals surface area contributed by atoms with Crippen LogP contribution < -0.4 is 0 Å². The summed E-state index contributed by atoms with van der Waals surface area (Å²) in [7, 11) is 0. The first kappa shape index (κ1) is 9.79. The van der Waals surface area contributed by atoms with E-state index < -0.39 is 4.87 Å². The maximum absolute atomic E-state index is 10.9. The smallest absolute Gasteiger partial charge is 0.145 e. The molecule has 0 spiro atoms. The van der Waals surface area contributed by atoms with E-state index >= 15 is 0 Å². The van der Waals surface area contributed by atoms with Gasteiger partial charge in [-0.2, -0.15) is 0 Å². The zero-order valence-corrected chi connectivity index (χ0v) is 8.61. The molecule has 0 aliphatic heterocycles. The van der Waals surface area contributed by atoms with Crippen LogP contribution in [0, 0.1) is 5.41 Å². The Bertz CT molecular complexity index is 230. The molecule has 0 fully saturated rings. The normalized spacial score (nSPS) is 34.2. The summed E-state index contributed by atoms with van der Waals surface area (Å²) in [6.45, 7) is 6.03. The molecule has 0 radical (unpaired) electrons. The van der Waals surface area contributed by atoms with Gasteiger partial charge in [-0.3, -0.25) is 0 Å². The van der Waals surface area contributed by atoms with Crippen molar-refractivity contribution in [2.45, 2.75) is 38.5 Å². The van der Waals surface area contributed by atoms with Gasteiger partial charge in [-0.05, 0) is 30.8 Å². The summed E-state index contributed by atoms with van der Waals surface area (Å²) in [5.74, 6) is 0. The van der Waals surface area contributed by atoms with Crippen LogP contribution in [-0.4, -0.2) is 11.2 Å². The van der Waals surface area contributed by atoms with E-state index in [2.05, 4.69) is 6.08 Å².